The maximum absolute atomic E-state index is 11.0. The number of halogens is 1. The molecule has 9 heteroatoms. The normalized spacial score (nSPS) is 12.3. The highest BCUT2D eigenvalue weighted by atomic mass is 35.5. The average Bonchev–Trinajstić information content (AvgIpc) is 2.93. The van der Waals surface area contributed by atoms with E-state index in [0.717, 1.165) is 0 Å². The van der Waals surface area contributed by atoms with Crippen LogP contribution in [-0.2, 0) is 4.74 Å². The summed E-state index contributed by atoms with van der Waals surface area (Å²) in [4.78, 5) is 14.5. The van der Waals surface area contributed by atoms with Crippen LogP contribution in [0.2, 0.25) is 5.02 Å². The minimum absolute atomic E-state index is 0.0470. The molecule has 0 fully saturated rings. The summed E-state index contributed by atoms with van der Waals surface area (Å²) >= 11 is 5.99. The quantitative estimate of drug-likeness (QED) is 0.642. The molecular weight excluding hydrogens is 300 g/mol. The molecule has 1 unspecified atom stereocenters. The maximum atomic E-state index is 11.0. The number of rotatable bonds is 6. The molecule has 0 aliphatic rings. The van der Waals surface area contributed by atoms with Crippen molar-refractivity contribution in [1.29, 1.82) is 0 Å². The third-order valence-corrected chi connectivity index (χ3v) is 2.99. The Bertz CT molecular complexity index is 646. The standard InChI is InChI=1S/C12H13ClN4O4/c1-2-20-6-8(14)11-15-12(21-16-11)10-7(13)4-3-5-9(10)17(18)19/h3-5,8H,2,6,14H2,1H3. The first-order valence-electron chi connectivity index (χ1n) is 6.14. The summed E-state index contributed by atoms with van der Waals surface area (Å²) < 4.78 is 10.2. The van der Waals surface area contributed by atoms with Gasteiger partial charge in [-0.15, -0.1) is 0 Å². The van der Waals surface area contributed by atoms with Crippen molar-refractivity contribution in [3.63, 3.8) is 0 Å². The second-order valence-corrected chi connectivity index (χ2v) is 4.52. The van der Waals surface area contributed by atoms with E-state index in [9.17, 15) is 10.1 Å². The number of aromatic nitrogens is 2. The van der Waals surface area contributed by atoms with Crippen molar-refractivity contribution < 1.29 is 14.2 Å². The highest BCUT2D eigenvalue weighted by Crippen LogP contribution is 2.35. The van der Waals surface area contributed by atoms with Crippen LogP contribution in [0.15, 0.2) is 22.7 Å². The van der Waals surface area contributed by atoms with Crippen LogP contribution in [0.5, 0.6) is 0 Å². The van der Waals surface area contributed by atoms with Gasteiger partial charge in [-0.1, -0.05) is 22.8 Å². The van der Waals surface area contributed by atoms with Gasteiger partial charge in [0.1, 0.15) is 5.56 Å². The van der Waals surface area contributed by atoms with Gasteiger partial charge in [0.15, 0.2) is 5.82 Å². The van der Waals surface area contributed by atoms with Gasteiger partial charge in [0, 0.05) is 12.7 Å². The molecule has 2 N–H and O–H groups in total. The number of benzene rings is 1. The Labute approximate surface area is 125 Å². The monoisotopic (exact) mass is 312 g/mol. The van der Waals surface area contributed by atoms with Crippen molar-refractivity contribution >= 4 is 17.3 Å². The highest BCUT2D eigenvalue weighted by Gasteiger charge is 2.25. The van der Waals surface area contributed by atoms with Crippen molar-refractivity contribution in [3.8, 4) is 11.5 Å². The fourth-order valence-electron chi connectivity index (χ4n) is 1.68. The van der Waals surface area contributed by atoms with Crippen LogP contribution in [0.3, 0.4) is 0 Å². The molecule has 1 atom stereocenters. The number of nitrogens with zero attached hydrogens (tertiary/aromatic N) is 3. The molecule has 0 saturated carbocycles. The first-order chi connectivity index (χ1) is 10.0. The van der Waals surface area contributed by atoms with E-state index in [4.69, 9.17) is 26.6 Å². The molecule has 0 saturated heterocycles. The zero-order chi connectivity index (χ0) is 15.4. The lowest BCUT2D eigenvalue weighted by atomic mass is 10.2. The van der Waals surface area contributed by atoms with E-state index in [-0.39, 0.29) is 34.6 Å². The third kappa shape index (κ3) is 3.35. The fourth-order valence-corrected chi connectivity index (χ4v) is 1.93. The minimum Gasteiger partial charge on any atom is -0.380 e. The maximum Gasteiger partial charge on any atom is 0.283 e. The summed E-state index contributed by atoms with van der Waals surface area (Å²) in [7, 11) is 0. The van der Waals surface area contributed by atoms with E-state index >= 15 is 0 Å². The predicted molar refractivity (Wildman–Crippen MR) is 74.8 cm³/mol. The second-order valence-electron chi connectivity index (χ2n) is 4.11. The minimum atomic E-state index is -0.580. The molecule has 8 nitrogen and oxygen atoms in total. The van der Waals surface area contributed by atoms with Crippen molar-refractivity contribution in [3.05, 3.63) is 39.2 Å². The first-order valence-corrected chi connectivity index (χ1v) is 6.52. The lowest BCUT2D eigenvalue weighted by Crippen LogP contribution is -2.18. The van der Waals surface area contributed by atoms with Gasteiger partial charge < -0.3 is 15.0 Å². The van der Waals surface area contributed by atoms with Gasteiger partial charge in [0.25, 0.3) is 11.6 Å². The molecule has 0 amide bonds. The van der Waals surface area contributed by atoms with Crippen LogP contribution >= 0.6 is 11.6 Å². The van der Waals surface area contributed by atoms with Gasteiger partial charge in [-0.3, -0.25) is 10.1 Å². The van der Waals surface area contributed by atoms with E-state index in [1.807, 2.05) is 6.92 Å². The Balaban J connectivity index is 2.36. The van der Waals surface area contributed by atoms with Crippen LogP contribution in [0, 0.1) is 10.1 Å². The van der Waals surface area contributed by atoms with Gasteiger partial charge in [-0.2, -0.15) is 4.98 Å². The van der Waals surface area contributed by atoms with Crippen LogP contribution < -0.4 is 5.73 Å². The summed E-state index contributed by atoms with van der Waals surface area (Å²) in [5.74, 6) is 0.155. The van der Waals surface area contributed by atoms with E-state index in [0.29, 0.717) is 6.61 Å². The number of ether oxygens (including phenoxy) is 1. The van der Waals surface area contributed by atoms with Gasteiger partial charge in [0.2, 0.25) is 0 Å². The first kappa shape index (κ1) is 15.4. The van der Waals surface area contributed by atoms with E-state index in [2.05, 4.69) is 10.1 Å². The van der Waals surface area contributed by atoms with Crippen LogP contribution in [0.1, 0.15) is 18.8 Å². The summed E-state index contributed by atoms with van der Waals surface area (Å²) in [6, 6.07) is 3.71. The number of hydrogen-bond donors (Lipinski definition) is 1. The van der Waals surface area contributed by atoms with Gasteiger partial charge in [-0.05, 0) is 13.0 Å². The summed E-state index contributed by atoms with van der Waals surface area (Å²) in [6.45, 7) is 2.57. The van der Waals surface area contributed by atoms with Gasteiger partial charge in [-0.25, -0.2) is 0 Å². The smallest absolute Gasteiger partial charge is 0.283 e. The zero-order valence-corrected chi connectivity index (χ0v) is 11.9. The Kier molecular flexibility index (Phi) is 4.84. The Hall–Kier alpha value is -2.03. The number of nitrogens with two attached hydrogens (primary N) is 1. The number of hydrogen-bond acceptors (Lipinski definition) is 7. The molecule has 2 aromatic rings. The largest absolute Gasteiger partial charge is 0.380 e. The molecule has 21 heavy (non-hydrogen) atoms. The molecule has 0 bridgehead atoms. The molecule has 0 aliphatic heterocycles. The topological polar surface area (TPSA) is 117 Å². The van der Waals surface area contributed by atoms with Crippen molar-refractivity contribution in [2.24, 2.45) is 5.73 Å². The molecule has 1 aromatic heterocycles. The van der Waals surface area contributed by atoms with Gasteiger partial charge in [0.05, 0.1) is 22.6 Å². The molecule has 1 aromatic carbocycles. The average molecular weight is 313 g/mol. The van der Waals surface area contributed by atoms with Crippen molar-refractivity contribution in [2.75, 3.05) is 13.2 Å². The third-order valence-electron chi connectivity index (χ3n) is 2.68. The van der Waals surface area contributed by atoms with E-state index in [1.165, 1.54) is 18.2 Å². The zero-order valence-electron chi connectivity index (χ0n) is 11.2. The molecular formula is C12H13ClN4O4. The molecule has 1 heterocycles. The fraction of sp³-hybridized carbons (Fsp3) is 0.333. The van der Waals surface area contributed by atoms with Gasteiger partial charge >= 0.3 is 0 Å². The van der Waals surface area contributed by atoms with E-state index < -0.39 is 11.0 Å². The van der Waals surface area contributed by atoms with Crippen molar-refractivity contribution in [1.82, 2.24) is 10.1 Å². The molecule has 0 aliphatic carbocycles. The van der Waals surface area contributed by atoms with Crippen LogP contribution in [0.25, 0.3) is 11.5 Å². The molecule has 0 spiro atoms. The number of nitro groups is 1. The summed E-state index contributed by atoms with van der Waals surface area (Å²) in [5.41, 5.74) is 5.70. The Morgan fingerprint density at radius 1 is 1.57 bits per heavy atom. The molecule has 112 valence electrons. The molecule has 2 rings (SSSR count). The SMILES string of the molecule is CCOCC(N)c1noc(-c2c(Cl)cccc2[N+](=O)[O-])n1. The number of nitro benzene ring substituents is 1. The molecule has 0 radical (unpaired) electrons. The lowest BCUT2D eigenvalue weighted by Gasteiger charge is -2.05. The van der Waals surface area contributed by atoms with Crippen LogP contribution in [0.4, 0.5) is 5.69 Å². The summed E-state index contributed by atoms with van der Waals surface area (Å²) in [6.07, 6.45) is 0. The van der Waals surface area contributed by atoms with Crippen molar-refractivity contribution in [2.45, 2.75) is 13.0 Å². The van der Waals surface area contributed by atoms with Crippen LogP contribution in [-0.4, -0.2) is 28.3 Å². The van der Waals surface area contributed by atoms with E-state index in [1.54, 1.807) is 0 Å². The second kappa shape index (κ2) is 6.61. The highest BCUT2D eigenvalue weighted by molar-refractivity contribution is 6.33. The Morgan fingerprint density at radius 3 is 3.00 bits per heavy atom. The summed E-state index contributed by atoms with van der Waals surface area (Å²) in [5, 5.41) is 14.9. The predicted octanol–water partition coefficient (Wildman–Crippen LogP) is 2.33. The lowest BCUT2D eigenvalue weighted by molar-refractivity contribution is -0.384. The Morgan fingerprint density at radius 2 is 2.33 bits per heavy atom.